The zero-order valence-corrected chi connectivity index (χ0v) is 14.4. The number of fused-ring (bicyclic) bond motifs is 1. The topological polar surface area (TPSA) is 37.3 Å². The molecule has 0 spiro atoms. The molecule has 122 valence electrons. The van der Waals surface area contributed by atoms with Crippen LogP contribution in [0.25, 0.3) is 0 Å². The van der Waals surface area contributed by atoms with Crippen molar-refractivity contribution < 1.29 is 4.79 Å². The van der Waals surface area contributed by atoms with Crippen molar-refractivity contribution in [1.82, 2.24) is 9.47 Å². The summed E-state index contributed by atoms with van der Waals surface area (Å²) in [4.78, 5) is 14.7. The highest BCUT2D eigenvalue weighted by atomic mass is 16.2. The first-order valence-electron chi connectivity index (χ1n) is 8.32. The standard InChI is InChI=1S/C19H25N3O/c1-5-17-18-9-7-15(4)21(18)10-11-22(17)19(23)20-16-8-6-13(2)14(3)12-16/h6-9,12,17H,5,10-11H2,1-4H3,(H,20,23)/t17-/m1/s1. The minimum absolute atomic E-state index is 0.00907. The summed E-state index contributed by atoms with van der Waals surface area (Å²) < 4.78 is 2.33. The van der Waals surface area contributed by atoms with E-state index in [9.17, 15) is 4.79 Å². The number of aryl methyl sites for hydroxylation is 3. The monoisotopic (exact) mass is 311 g/mol. The Labute approximate surface area is 138 Å². The van der Waals surface area contributed by atoms with E-state index in [1.807, 2.05) is 23.1 Å². The molecule has 0 fully saturated rings. The molecule has 1 aromatic heterocycles. The van der Waals surface area contributed by atoms with Crippen LogP contribution in [-0.4, -0.2) is 22.0 Å². The Bertz CT molecular complexity index is 732. The smallest absolute Gasteiger partial charge is 0.322 e. The van der Waals surface area contributed by atoms with E-state index < -0.39 is 0 Å². The van der Waals surface area contributed by atoms with Gasteiger partial charge in [0.15, 0.2) is 0 Å². The van der Waals surface area contributed by atoms with Crippen molar-refractivity contribution in [1.29, 1.82) is 0 Å². The summed E-state index contributed by atoms with van der Waals surface area (Å²) in [5.74, 6) is 0. The number of nitrogens with one attached hydrogen (secondary N) is 1. The number of nitrogens with zero attached hydrogens (tertiary/aromatic N) is 2. The van der Waals surface area contributed by atoms with Gasteiger partial charge in [0.25, 0.3) is 0 Å². The number of carbonyl (C=O) groups excluding carboxylic acids is 1. The van der Waals surface area contributed by atoms with Gasteiger partial charge in [-0.1, -0.05) is 13.0 Å². The van der Waals surface area contributed by atoms with Gasteiger partial charge in [-0.05, 0) is 62.6 Å². The van der Waals surface area contributed by atoms with E-state index in [2.05, 4.69) is 49.7 Å². The lowest BCUT2D eigenvalue weighted by Crippen LogP contribution is -2.44. The Kier molecular flexibility index (Phi) is 4.16. The summed E-state index contributed by atoms with van der Waals surface area (Å²) in [7, 11) is 0. The largest absolute Gasteiger partial charge is 0.345 e. The highest BCUT2D eigenvalue weighted by Gasteiger charge is 2.30. The molecule has 2 amide bonds. The molecule has 0 aliphatic carbocycles. The molecule has 1 N–H and O–H groups in total. The molecule has 1 aromatic carbocycles. The van der Waals surface area contributed by atoms with Crippen LogP contribution in [0, 0.1) is 20.8 Å². The predicted molar refractivity (Wildman–Crippen MR) is 93.8 cm³/mol. The van der Waals surface area contributed by atoms with E-state index in [4.69, 9.17) is 0 Å². The van der Waals surface area contributed by atoms with E-state index in [-0.39, 0.29) is 12.1 Å². The number of carbonyl (C=O) groups is 1. The minimum Gasteiger partial charge on any atom is -0.345 e. The second-order valence-corrected chi connectivity index (χ2v) is 6.40. The Morgan fingerprint density at radius 3 is 2.61 bits per heavy atom. The fourth-order valence-electron chi connectivity index (χ4n) is 3.40. The van der Waals surface area contributed by atoms with Gasteiger partial charge in [-0.2, -0.15) is 0 Å². The van der Waals surface area contributed by atoms with Crippen LogP contribution < -0.4 is 5.32 Å². The molecule has 23 heavy (non-hydrogen) atoms. The number of aromatic nitrogens is 1. The Hall–Kier alpha value is -2.23. The molecule has 0 bridgehead atoms. The van der Waals surface area contributed by atoms with Crippen molar-refractivity contribution in [2.75, 3.05) is 11.9 Å². The summed E-state index contributed by atoms with van der Waals surface area (Å²) in [6.07, 6.45) is 0.920. The number of amides is 2. The Morgan fingerprint density at radius 2 is 1.91 bits per heavy atom. The average Bonchev–Trinajstić information content (AvgIpc) is 2.91. The molecule has 2 aromatic rings. The summed E-state index contributed by atoms with van der Waals surface area (Å²) in [5.41, 5.74) is 5.81. The fraction of sp³-hybridized carbons (Fsp3) is 0.421. The molecule has 1 aliphatic heterocycles. The lowest BCUT2D eigenvalue weighted by molar-refractivity contribution is 0.165. The number of urea groups is 1. The SMILES string of the molecule is CC[C@@H]1c2ccc(C)n2CCN1C(=O)Nc1ccc(C)c(C)c1. The van der Waals surface area contributed by atoms with Gasteiger partial charge in [-0.15, -0.1) is 0 Å². The molecule has 4 nitrogen and oxygen atoms in total. The maximum Gasteiger partial charge on any atom is 0.322 e. The first-order valence-corrected chi connectivity index (χ1v) is 8.32. The quantitative estimate of drug-likeness (QED) is 0.876. The lowest BCUT2D eigenvalue weighted by atomic mass is 10.1. The van der Waals surface area contributed by atoms with Gasteiger partial charge in [0, 0.05) is 30.2 Å². The van der Waals surface area contributed by atoms with Gasteiger partial charge in [0.2, 0.25) is 0 Å². The number of benzene rings is 1. The zero-order valence-electron chi connectivity index (χ0n) is 14.4. The third-order valence-corrected chi connectivity index (χ3v) is 4.92. The molecule has 4 heteroatoms. The molecule has 3 rings (SSSR count). The van der Waals surface area contributed by atoms with E-state index in [0.29, 0.717) is 0 Å². The molecular formula is C19H25N3O. The molecular weight excluding hydrogens is 286 g/mol. The molecule has 2 heterocycles. The van der Waals surface area contributed by atoms with E-state index in [1.54, 1.807) is 0 Å². The molecule has 0 saturated heterocycles. The van der Waals surface area contributed by atoms with Gasteiger partial charge in [0.1, 0.15) is 0 Å². The number of anilines is 1. The van der Waals surface area contributed by atoms with Crippen LogP contribution in [0.1, 0.15) is 41.9 Å². The van der Waals surface area contributed by atoms with E-state index in [1.165, 1.54) is 22.5 Å². The van der Waals surface area contributed by atoms with Gasteiger partial charge in [-0.25, -0.2) is 4.79 Å². The van der Waals surface area contributed by atoms with Gasteiger partial charge in [0.05, 0.1) is 6.04 Å². The van der Waals surface area contributed by atoms with Crippen LogP contribution in [-0.2, 0) is 6.54 Å². The summed E-state index contributed by atoms with van der Waals surface area (Å²) in [6.45, 7) is 10.0. The van der Waals surface area contributed by atoms with Crippen LogP contribution in [0.15, 0.2) is 30.3 Å². The highest BCUT2D eigenvalue weighted by molar-refractivity contribution is 5.89. The fourth-order valence-corrected chi connectivity index (χ4v) is 3.40. The van der Waals surface area contributed by atoms with Crippen molar-refractivity contribution in [3.05, 3.63) is 52.8 Å². The van der Waals surface area contributed by atoms with Crippen molar-refractivity contribution in [3.8, 4) is 0 Å². The van der Waals surface area contributed by atoms with Gasteiger partial charge in [-0.3, -0.25) is 0 Å². The van der Waals surface area contributed by atoms with Crippen LogP contribution in [0.2, 0.25) is 0 Å². The Balaban J connectivity index is 1.80. The van der Waals surface area contributed by atoms with Gasteiger partial charge < -0.3 is 14.8 Å². The second kappa shape index (κ2) is 6.11. The van der Waals surface area contributed by atoms with E-state index in [0.717, 1.165) is 25.2 Å². The number of hydrogen-bond acceptors (Lipinski definition) is 1. The van der Waals surface area contributed by atoms with Crippen LogP contribution >= 0.6 is 0 Å². The van der Waals surface area contributed by atoms with Crippen LogP contribution in [0.4, 0.5) is 10.5 Å². The van der Waals surface area contributed by atoms with Gasteiger partial charge >= 0.3 is 6.03 Å². The first kappa shape index (κ1) is 15.7. The predicted octanol–water partition coefficient (Wildman–Crippen LogP) is 4.41. The summed E-state index contributed by atoms with van der Waals surface area (Å²) in [5, 5.41) is 3.06. The van der Waals surface area contributed by atoms with Crippen molar-refractivity contribution >= 4 is 11.7 Å². The normalized spacial score (nSPS) is 17.0. The first-order chi connectivity index (χ1) is 11.0. The van der Waals surface area contributed by atoms with E-state index >= 15 is 0 Å². The third-order valence-electron chi connectivity index (χ3n) is 4.92. The van der Waals surface area contributed by atoms with Crippen molar-refractivity contribution in [3.63, 3.8) is 0 Å². The number of rotatable bonds is 2. The lowest BCUT2D eigenvalue weighted by Gasteiger charge is -2.37. The molecule has 1 aliphatic rings. The maximum atomic E-state index is 12.8. The average molecular weight is 311 g/mol. The Morgan fingerprint density at radius 1 is 1.13 bits per heavy atom. The third kappa shape index (κ3) is 2.85. The summed E-state index contributed by atoms with van der Waals surface area (Å²) >= 11 is 0. The van der Waals surface area contributed by atoms with Crippen molar-refractivity contribution in [2.24, 2.45) is 0 Å². The number of hydrogen-bond donors (Lipinski definition) is 1. The molecule has 0 saturated carbocycles. The van der Waals surface area contributed by atoms with Crippen LogP contribution in [0.5, 0.6) is 0 Å². The molecule has 0 radical (unpaired) electrons. The molecule has 0 unspecified atom stereocenters. The maximum absolute atomic E-state index is 12.8. The molecule has 1 atom stereocenters. The van der Waals surface area contributed by atoms with Crippen LogP contribution in [0.3, 0.4) is 0 Å². The minimum atomic E-state index is -0.00907. The van der Waals surface area contributed by atoms with Crippen molar-refractivity contribution in [2.45, 2.75) is 46.7 Å². The zero-order chi connectivity index (χ0) is 16.6. The summed E-state index contributed by atoms with van der Waals surface area (Å²) in [6, 6.07) is 10.5. The second-order valence-electron chi connectivity index (χ2n) is 6.40. The highest BCUT2D eigenvalue weighted by Crippen LogP contribution is 2.30.